The number of esters is 1. The van der Waals surface area contributed by atoms with Gasteiger partial charge in [0, 0.05) is 32.3 Å². The lowest BCUT2D eigenvalue weighted by Crippen LogP contribution is -2.39. The fourth-order valence-electron chi connectivity index (χ4n) is 3.10. The third kappa shape index (κ3) is 4.35. The monoisotopic (exact) mass is 412 g/mol. The molecule has 0 saturated heterocycles. The maximum Gasteiger partial charge on any atom is 0.332 e. The molecule has 0 fully saturated rings. The number of fused-ring (bicyclic) bond motifs is 1. The van der Waals surface area contributed by atoms with Crippen LogP contribution in [0.25, 0.3) is 17.2 Å². The Morgan fingerprint density at radius 3 is 2.73 bits per heavy atom. The van der Waals surface area contributed by atoms with Crippen molar-refractivity contribution in [2.45, 2.75) is 19.9 Å². The van der Waals surface area contributed by atoms with Crippen molar-refractivity contribution in [3.63, 3.8) is 0 Å². The van der Waals surface area contributed by atoms with Crippen LogP contribution in [0.15, 0.2) is 46.3 Å². The Morgan fingerprint density at radius 2 is 1.97 bits per heavy atom. The Hall–Kier alpha value is -3.62. The van der Waals surface area contributed by atoms with Gasteiger partial charge in [-0.1, -0.05) is 18.2 Å². The van der Waals surface area contributed by atoms with E-state index in [0.29, 0.717) is 29.9 Å². The lowest BCUT2D eigenvalue weighted by molar-refractivity contribution is -0.137. The number of aryl methyl sites for hydroxylation is 2. The number of carbonyl (C=O) groups excluding carboxylic acids is 1. The zero-order chi connectivity index (χ0) is 21.7. The molecule has 2 aromatic heterocycles. The van der Waals surface area contributed by atoms with E-state index < -0.39 is 17.2 Å². The smallest absolute Gasteiger partial charge is 0.332 e. The van der Waals surface area contributed by atoms with Crippen LogP contribution in [0.2, 0.25) is 0 Å². The second kappa shape index (κ2) is 9.25. The number of hydrogen-bond donors (Lipinski definition) is 0. The van der Waals surface area contributed by atoms with Gasteiger partial charge in [0.15, 0.2) is 11.2 Å². The number of para-hydroxylation sites is 1. The molecule has 0 radical (unpaired) electrons. The number of ether oxygens (including phenoxy) is 2. The second-order valence-electron chi connectivity index (χ2n) is 6.65. The minimum Gasteiger partial charge on any atom is -0.493 e. The first-order chi connectivity index (χ1) is 14.4. The normalized spacial score (nSPS) is 11.3. The molecular formula is C21H24N4O5. The SMILES string of the molecule is CCOc1ccccc1/C=C/C(=O)OCCCn1c(=O)c2c(ncn2C)n(C)c1=O. The van der Waals surface area contributed by atoms with E-state index in [9.17, 15) is 14.4 Å². The second-order valence-corrected chi connectivity index (χ2v) is 6.65. The molecule has 0 N–H and O–H groups in total. The van der Waals surface area contributed by atoms with Gasteiger partial charge in [0.1, 0.15) is 5.75 Å². The van der Waals surface area contributed by atoms with Crippen LogP contribution in [-0.2, 0) is 30.2 Å². The fourth-order valence-corrected chi connectivity index (χ4v) is 3.10. The van der Waals surface area contributed by atoms with E-state index in [0.717, 1.165) is 10.1 Å². The average Bonchev–Trinajstić information content (AvgIpc) is 3.13. The third-order valence-corrected chi connectivity index (χ3v) is 4.59. The van der Waals surface area contributed by atoms with E-state index in [-0.39, 0.29) is 13.2 Å². The Labute approximate surface area is 172 Å². The summed E-state index contributed by atoms with van der Waals surface area (Å²) in [7, 11) is 3.27. The maximum absolute atomic E-state index is 12.6. The molecule has 2 heterocycles. The van der Waals surface area contributed by atoms with Crippen molar-refractivity contribution < 1.29 is 14.3 Å². The quantitative estimate of drug-likeness (QED) is 0.316. The van der Waals surface area contributed by atoms with Gasteiger partial charge in [0.25, 0.3) is 5.56 Å². The average molecular weight is 412 g/mol. The van der Waals surface area contributed by atoms with E-state index in [1.807, 2.05) is 31.2 Å². The van der Waals surface area contributed by atoms with Gasteiger partial charge >= 0.3 is 11.7 Å². The third-order valence-electron chi connectivity index (χ3n) is 4.59. The number of carbonyl (C=O) groups is 1. The van der Waals surface area contributed by atoms with Crippen LogP contribution in [0.1, 0.15) is 18.9 Å². The number of nitrogens with zero attached hydrogens (tertiary/aromatic N) is 4. The van der Waals surface area contributed by atoms with Crippen molar-refractivity contribution >= 4 is 23.2 Å². The minimum atomic E-state index is -0.511. The first-order valence-corrected chi connectivity index (χ1v) is 9.61. The molecule has 3 aromatic rings. The van der Waals surface area contributed by atoms with Crippen molar-refractivity contribution in [3.05, 3.63) is 63.1 Å². The molecule has 0 amide bonds. The lowest BCUT2D eigenvalue weighted by atomic mass is 10.2. The number of benzene rings is 1. The zero-order valence-electron chi connectivity index (χ0n) is 17.2. The standard InChI is InChI=1S/C21H24N4O5/c1-4-29-16-9-6-5-8-15(16)10-11-17(26)30-13-7-12-25-20(27)18-19(22-14-23(18)2)24(3)21(25)28/h5-6,8-11,14H,4,7,12-13H2,1-3H3/b11-10+. The molecule has 0 aliphatic heterocycles. The molecule has 0 atom stereocenters. The zero-order valence-corrected chi connectivity index (χ0v) is 17.2. The summed E-state index contributed by atoms with van der Waals surface area (Å²) in [6, 6.07) is 7.37. The highest BCUT2D eigenvalue weighted by molar-refractivity contribution is 5.87. The molecule has 0 bridgehead atoms. The molecule has 0 aliphatic carbocycles. The highest BCUT2D eigenvalue weighted by Gasteiger charge is 2.14. The highest BCUT2D eigenvalue weighted by atomic mass is 16.5. The molecule has 3 rings (SSSR count). The van der Waals surface area contributed by atoms with Crippen molar-refractivity contribution in [3.8, 4) is 5.75 Å². The minimum absolute atomic E-state index is 0.0787. The van der Waals surface area contributed by atoms with Crippen LogP contribution in [0, 0.1) is 0 Å². The van der Waals surface area contributed by atoms with Crippen molar-refractivity contribution in [1.29, 1.82) is 0 Å². The van der Waals surface area contributed by atoms with Crippen molar-refractivity contribution in [2.75, 3.05) is 13.2 Å². The van der Waals surface area contributed by atoms with E-state index in [4.69, 9.17) is 9.47 Å². The Kier molecular flexibility index (Phi) is 6.51. The molecule has 1 aromatic carbocycles. The predicted molar refractivity (Wildman–Crippen MR) is 112 cm³/mol. The fraction of sp³-hybridized carbons (Fsp3) is 0.333. The first-order valence-electron chi connectivity index (χ1n) is 9.61. The van der Waals surface area contributed by atoms with Crippen LogP contribution >= 0.6 is 0 Å². The van der Waals surface area contributed by atoms with E-state index in [1.54, 1.807) is 24.7 Å². The highest BCUT2D eigenvalue weighted by Crippen LogP contribution is 2.19. The first kappa shape index (κ1) is 21.1. The molecule has 9 heteroatoms. The summed E-state index contributed by atoms with van der Waals surface area (Å²) in [5.74, 6) is 0.175. The maximum atomic E-state index is 12.6. The summed E-state index contributed by atoms with van der Waals surface area (Å²) in [6.45, 7) is 2.63. The van der Waals surface area contributed by atoms with Gasteiger partial charge < -0.3 is 14.0 Å². The molecule has 158 valence electrons. The van der Waals surface area contributed by atoms with E-state index >= 15 is 0 Å². The Morgan fingerprint density at radius 1 is 1.20 bits per heavy atom. The van der Waals surface area contributed by atoms with Gasteiger partial charge in [-0.3, -0.25) is 13.9 Å². The van der Waals surface area contributed by atoms with E-state index in [2.05, 4.69) is 4.98 Å². The summed E-state index contributed by atoms with van der Waals surface area (Å²) >= 11 is 0. The molecular weight excluding hydrogens is 388 g/mol. The molecule has 9 nitrogen and oxygen atoms in total. The molecule has 0 spiro atoms. The van der Waals surface area contributed by atoms with Gasteiger partial charge in [0.2, 0.25) is 0 Å². The summed E-state index contributed by atoms with van der Waals surface area (Å²) < 4.78 is 14.7. The van der Waals surface area contributed by atoms with Gasteiger partial charge in [-0.15, -0.1) is 0 Å². The van der Waals surface area contributed by atoms with Crippen molar-refractivity contribution in [1.82, 2.24) is 18.7 Å². The topological polar surface area (TPSA) is 97.3 Å². The largest absolute Gasteiger partial charge is 0.493 e. The molecule has 0 aliphatic rings. The number of imidazole rings is 1. The molecule has 0 unspecified atom stereocenters. The van der Waals surface area contributed by atoms with Gasteiger partial charge in [-0.2, -0.15) is 0 Å². The van der Waals surface area contributed by atoms with Gasteiger partial charge in [-0.05, 0) is 25.5 Å². The number of hydrogen-bond acceptors (Lipinski definition) is 6. The van der Waals surface area contributed by atoms with Crippen LogP contribution in [0.4, 0.5) is 0 Å². The van der Waals surface area contributed by atoms with Crippen LogP contribution < -0.4 is 16.0 Å². The number of aromatic nitrogens is 4. The van der Waals surface area contributed by atoms with Gasteiger partial charge in [0.05, 0.1) is 19.5 Å². The van der Waals surface area contributed by atoms with Gasteiger partial charge in [-0.25, -0.2) is 14.6 Å². The summed E-state index contributed by atoms with van der Waals surface area (Å²) in [4.78, 5) is 41.1. The number of rotatable bonds is 8. The summed E-state index contributed by atoms with van der Waals surface area (Å²) in [6.07, 6.45) is 4.77. The van der Waals surface area contributed by atoms with Crippen LogP contribution in [0.5, 0.6) is 5.75 Å². The van der Waals surface area contributed by atoms with E-state index in [1.165, 1.54) is 17.0 Å². The summed E-state index contributed by atoms with van der Waals surface area (Å²) in [5.41, 5.74) is 0.602. The molecule has 0 saturated carbocycles. The van der Waals surface area contributed by atoms with Crippen LogP contribution in [-0.4, -0.2) is 37.9 Å². The predicted octanol–water partition coefficient (Wildman–Crippen LogP) is 1.48. The van der Waals surface area contributed by atoms with Crippen LogP contribution in [0.3, 0.4) is 0 Å². The summed E-state index contributed by atoms with van der Waals surface area (Å²) in [5, 5.41) is 0. The Bertz CT molecular complexity index is 1200. The lowest BCUT2D eigenvalue weighted by Gasteiger charge is -2.09. The van der Waals surface area contributed by atoms with Crippen molar-refractivity contribution in [2.24, 2.45) is 14.1 Å². The molecule has 30 heavy (non-hydrogen) atoms. The Balaban J connectivity index is 1.61.